The lowest BCUT2D eigenvalue weighted by Crippen LogP contribution is -2.22. The molecule has 0 radical (unpaired) electrons. The van der Waals surface area contributed by atoms with E-state index in [-0.39, 0.29) is 12.6 Å². The molecule has 126 valence electrons. The largest absolute Gasteiger partial charge is 0.489 e. The van der Waals surface area contributed by atoms with Crippen molar-refractivity contribution >= 4 is 21.8 Å². The lowest BCUT2D eigenvalue weighted by Gasteiger charge is -2.27. The molecule has 4 aromatic rings. The average Bonchev–Trinajstić information content (AvgIpc) is 3.05. The summed E-state index contributed by atoms with van der Waals surface area (Å²) in [5, 5.41) is 11.0. The summed E-state index contributed by atoms with van der Waals surface area (Å²) in [6.45, 7) is 0.618. The zero-order valence-corrected chi connectivity index (χ0v) is 14.1. The molecule has 1 aliphatic heterocycles. The predicted octanol–water partition coefficient (Wildman–Crippen LogP) is 4.68. The van der Waals surface area contributed by atoms with E-state index in [9.17, 15) is 0 Å². The molecule has 1 aliphatic rings. The van der Waals surface area contributed by atoms with E-state index in [4.69, 9.17) is 14.7 Å². The molecule has 4 heteroatoms. The molecule has 0 bridgehead atoms. The molecule has 1 atom stereocenters. The Morgan fingerprint density at radius 3 is 2.73 bits per heavy atom. The van der Waals surface area contributed by atoms with Gasteiger partial charge in [-0.05, 0) is 23.8 Å². The number of fused-ring (bicyclic) bond motifs is 3. The number of nitriles is 1. The summed E-state index contributed by atoms with van der Waals surface area (Å²) in [4.78, 5) is 0. The molecular formula is C22H16N2O2. The molecule has 4 nitrogen and oxygen atoms in total. The number of benzene rings is 3. The molecule has 1 aromatic heterocycles. The first kappa shape index (κ1) is 14.9. The third-order valence-corrected chi connectivity index (χ3v) is 4.96. The molecule has 5 rings (SSSR count). The van der Waals surface area contributed by atoms with Gasteiger partial charge in [0.1, 0.15) is 24.2 Å². The van der Waals surface area contributed by atoms with Crippen molar-refractivity contribution in [2.45, 2.75) is 6.04 Å². The van der Waals surface area contributed by atoms with Gasteiger partial charge in [-0.3, -0.25) is 0 Å². The fraction of sp³-hybridized carbons (Fsp3) is 0.136. The molecule has 3 aromatic carbocycles. The summed E-state index contributed by atoms with van der Waals surface area (Å²) in [5.41, 5.74) is 3.39. The van der Waals surface area contributed by atoms with Gasteiger partial charge in [-0.25, -0.2) is 0 Å². The maximum atomic E-state index is 8.91. The lowest BCUT2D eigenvalue weighted by atomic mass is 10.1. The third kappa shape index (κ3) is 2.07. The van der Waals surface area contributed by atoms with Gasteiger partial charge < -0.3 is 14.0 Å². The lowest BCUT2D eigenvalue weighted by molar-refractivity contribution is 0.262. The van der Waals surface area contributed by atoms with Gasteiger partial charge in [0.15, 0.2) is 6.61 Å². The van der Waals surface area contributed by atoms with Crippen LogP contribution >= 0.6 is 0 Å². The molecule has 0 aliphatic carbocycles. The van der Waals surface area contributed by atoms with Crippen LogP contribution in [0.3, 0.4) is 0 Å². The zero-order valence-electron chi connectivity index (χ0n) is 14.1. The van der Waals surface area contributed by atoms with Crippen LogP contribution < -0.4 is 9.47 Å². The van der Waals surface area contributed by atoms with Crippen LogP contribution in [0.5, 0.6) is 11.5 Å². The van der Waals surface area contributed by atoms with Gasteiger partial charge >= 0.3 is 0 Å². The summed E-state index contributed by atoms with van der Waals surface area (Å²) >= 11 is 0. The Kier molecular flexibility index (Phi) is 3.32. The third-order valence-electron chi connectivity index (χ3n) is 4.96. The molecule has 0 unspecified atom stereocenters. The quantitative estimate of drug-likeness (QED) is 0.544. The van der Waals surface area contributed by atoms with E-state index >= 15 is 0 Å². The van der Waals surface area contributed by atoms with E-state index in [1.165, 1.54) is 5.56 Å². The molecule has 0 amide bonds. The van der Waals surface area contributed by atoms with Crippen LogP contribution in [-0.4, -0.2) is 17.8 Å². The van der Waals surface area contributed by atoms with Crippen LogP contribution in [-0.2, 0) is 0 Å². The van der Waals surface area contributed by atoms with Crippen LogP contribution in [0.1, 0.15) is 11.6 Å². The highest BCUT2D eigenvalue weighted by Crippen LogP contribution is 2.44. The van der Waals surface area contributed by atoms with Crippen molar-refractivity contribution in [1.29, 1.82) is 5.26 Å². The molecule has 0 saturated heterocycles. The van der Waals surface area contributed by atoms with Crippen molar-refractivity contribution in [2.24, 2.45) is 0 Å². The van der Waals surface area contributed by atoms with Crippen LogP contribution in [0.25, 0.3) is 21.8 Å². The Balaban J connectivity index is 1.86. The van der Waals surface area contributed by atoms with E-state index < -0.39 is 0 Å². The number of nitrogens with zero attached hydrogens (tertiary/aromatic N) is 2. The Hall–Kier alpha value is -3.45. The van der Waals surface area contributed by atoms with Crippen molar-refractivity contribution in [1.82, 2.24) is 4.57 Å². The smallest absolute Gasteiger partial charge is 0.174 e. The minimum atomic E-state index is 0.0318. The maximum absolute atomic E-state index is 8.91. The van der Waals surface area contributed by atoms with Gasteiger partial charge in [0.25, 0.3) is 0 Å². The zero-order chi connectivity index (χ0) is 17.5. The number of aromatic nitrogens is 1. The van der Waals surface area contributed by atoms with Crippen molar-refractivity contribution in [3.8, 4) is 17.6 Å². The highest BCUT2D eigenvalue weighted by Gasteiger charge is 2.28. The molecule has 0 spiro atoms. The summed E-state index contributed by atoms with van der Waals surface area (Å²) < 4.78 is 14.2. The molecule has 0 fully saturated rings. The minimum absolute atomic E-state index is 0.0318. The van der Waals surface area contributed by atoms with E-state index in [1.807, 2.05) is 30.3 Å². The number of para-hydroxylation sites is 1. The monoisotopic (exact) mass is 340 g/mol. The second kappa shape index (κ2) is 5.82. The first-order chi connectivity index (χ1) is 12.9. The first-order valence-electron chi connectivity index (χ1n) is 8.61. The van der Waals surface area contributed by atoms with Gasteiger partial charge in [-0.2, -0.15) is 5.26 Å². The highest BCUT2D eigenvalue weighted by atomic mass is 16.5. The van der Waals surface area contributed by atoms with E-state index in [0.29, 0.717) is 6.61 Å². The van der Waals surface area contributed by atoms with Gasteiger partial charge in [0.2, 0.25) is 0 Å². The summed E-state index contributed by atoms with van der Waals surface area (Å²) in [5.74, 6) is 1.62. The fourth-order valence-electron chi connectivity index (χ4n) is 3.92. The second-order valence-electron chi connectivity index (χ2n) is 6.36. The van der Waals surface area contributed by atoms with Crippen molar-refractivity contribution < 1.29 is 9.47 Å². The van der Waals surface area contributed by atoms with E-state index in [2.05, 4.69) is 47.0 Å². The summed E-state index contributed by atoms with van der Waals surface area (Å²) in [7, 11) is 0. The van der Waals surface area contributed by atoms with E-state index in [1.54, 1.807) is 0 Å². The summed E-state index contributed by atoms with van der Waals surface area (Å²) in [6, 6.07) is 24.7. The SMILES string of the molecule is N#CCOc1cccc2c1c1cccc3c1n2[C@@H](c1ccccc1)CO3. The maximum Gasteiger partial charge on any atom is 0.174 e. The average molecular weight is 340 g/mol. The van der Waals surface area contributed by atoms with Crippen LogP contribution in [0, 0.1) is 11.3 Å². The molecule has 26 heavy (non-hydrogen) atoms. The van der Waals surface area contributed by atoms with Gasteiger partial charge in [0.05, 0.1) is 17.1 Å². The van der Waals surface area contributed by atoms with Gasteiger partial charge in [0, 0.05) is 10.8 Å². The first-order valence-corrected chi connectivity index (χ1v) is 8.61. The Morgan fingerprint density at radius 1 is 1.04 bits per heavy atom. The van der Waals surface area contributed by atoms with Crippen molar-refractivity contribution in [3.63, 3.8) is 0 Å². The normalized spacial score (nSPS) is 15.6. The molecule has 0 N–H and O–H groups in total. The minimum Gasteiger partial charge on any atom is -0.489 e. The molecule has 2 heterocycles. The standard InChI is InChI=1S/C22H16N2O2/c23-12-13-25-19-10-5-9-17-21(19)16-8-4-11-20-22(16)24(17)18(14-26-20)15-6-2-1-3-7-15/h1-11,18H,13-14H2/t18-/m1/s1. The van der Waals surface area contributed by atoms with Gasteiger partial charge in [-0.15, -0.1) is 0 Å². The molecular weight excluding hydrogens is 324 g/mol. The van der Waals surface area contributed by atoms with Crippen molar-refractivity contribution in [2.75, 3.05) is 13.2 Å². The Bertz CT molecular complexity index is 1160. The second-order valence-corrected chi connectivity index (χ2v) is 6.36. The Morgan fingerprint density at radius 2 is 1.88 bits per heavy atom. The van der Waals surface area contributed by atoms with Crippen molar-refractivity contribution in [3.05, 3.63) is 72.3 Å². The van der Waals surface area contributed by atoms with Crippen LogP contribution in [0.15, 0.2) is 66.7 Å². The summed E-state index contributed by atoms with van der Waals surface area (Å²) in [6.07, 6.45) is 0. The number of hydrogen-bond donors (Lipinski definition) is 0. The van der Waals surface area contributed by atoms with Gasteiger partial charge in [-0.1, -0.05) is 48.5 Å². The van der Waals surface area contributed by atoms with Crippen LogP contribution in [0.2, 0.25) is 0 Å². The number of hydrogen-bond acceptors (Lipinski definition) is 3. The molecule has 0 saturated carbocycles. The highest BCUT2D eigenvalue weighted by molar-refractivity contribution is 6.13. The van der Waals surface area contributed by atoms with E-state index in [0.717, 1.165) is 33.3 Å². The van der Waals surface area contributed by atoms with Crippen LogP contribution in [0.4, 0.5) is 0 Å². The fourth-order valence-corrected chi connectivity index (χ4v) is 3.92. The predicted molar refractivity (Wildman–Crippen MR) is 101 cm³/mol. The number of rotatable bonds is 3. The topological polar surface area (TPSA) is 47.2 Å². The Labute approximate surface area is 150 Å². The number of ether oxygens (including phenoxy) is 2.